The van der Waals surface area contributed by atoms with Gasteiger partial charge >= 0.3 is 0 Å². The van der Waals surface area contributed by atoms with Gasteiger partial charge < -0.3 is 20.4 Å². The van der Waals surface area contributed by atoms with Crippen LogP contribution in [0.15, 0.2) is 18.3 Å². The monoisotopic (exact) mass is 331 g/mol. The number of pyridine rings is 1. The fourth-order valence-electron chi connectivity index (χ4n) is 3.92. The van der Waals surface area contributed by atoms with Gasteiger partial charge in [0.15, 0.2) is 0 Å². The summed E-state index contributed by atoms with van der Waals surface area (Å²) in [5.41, 5.74) is 1.29. The lowest BCUT2D eigenvalue weighted by molar-refractivity contribution is 0.270. The number of piperazine rings is 1. The molecule has 2 fully saturated rings. The molecule has 0 aromatic carbocycles. The molecule has 5 nitrogen and oxygen atoms in total. The van der Waals surface area contributed by atoms with E-state index < -0.39 is 0 Å². The molecule has 1 aromatic heterocycles. The Labute approximate surface area is 146 Å². The van der Waals surface area contributed by atoms with E-state index in [-0.39, 0.29) is 0 Å². The first kappa shape index (κ1) is 17.6. The molecule has 1 aromatic rings. The van der Waals surface area contributed by atoms with Gasteiger partial charge in [-0.1, -0.05) is 19.9 Å². The maximum Gasteiger partial charge on any atom is 0.128 e. The third-order valence-electron chi connectivity index (χ3n) is 5.63. The number of hydrogen-bond acceptors (Lipinski definition) is 5. The predicted molar refractivity (Wildman–Crippen MR) is 100 cm³/mol. The topological polar surface area (TPSA) is 43.4 Å². The fraction of sp³-hybridized carbons (Fsp3) is 0.737. The van der Waals surface area contributed by atoms with Gasteiger partial charge in [0, 0.05) is 45.0 Å². The van der Waals surface area contributed by atoms with Crippen molar-refractivity contribution in [3.8, 4) is 0 Å². The standard InChI is InChI=1S/C19H33N5/c1-3-18(17-7-8-20-15-17)21-13-16-5-6-19(22-14-16)24-11-9-23(4-2)10-12-24/h5-6,14,17-18,20-21H,3-4,7-13,15H2,1-2H3. The first-order chi connectivity index (χ1) is 11.8. The van der Waals surface area contributed by atoms with Crippen LogP contribution in [0.1, 0.15) is 32.3 Å². The lowest BCUT2D eigenvalue weighted by atomic mass is 9.96. The summed E-state index contributed by atoms with van der Waals surface area (Å²) in [4.78, 5) is 9.61. The van der Waals surface area contributed by atoms with Crippen LogP contribution in [0.3, 0.4) is 0 Å². The Morgan fingerprint density at radius 3 is 2.67 bits per heavy atom. The van der Waals surface area contributed by atoms with Crippen molar-refractivity contribution in [1.82, 2.24) is 20.5 Å². The molecule has 0 saturated carbocycles. The Morgan fingerprint density at radius 1 is 1.25 bits per heavy atom. The summed E-state index contributed by atoms with van der Waals surface area (Å²) in [6.45, 7) is 13.4. The number of likely N-dealkylation sites (N-methyl/N-ethyl adjacent to an activating group) is 1. The second kappa shape index (κ2) is 8.79. The van der Waals surface area contributed by atoms with Crippen LogP contribution in [0, 0.1) is 5.92 Å². The Kier molecular flexibility index (Phi) is 6.46. The predicted octanol–water partition coefficient (Wildman–Crippen LogP) is 1.70. The first-order valence-electron chi connectivity index (χ1n) is 9.66. The average molecular weight is 332 g/mol. The van der Waals surface area contributed by atoms with Crippen molar-refractivity contribution < 1.29 is 0 Å². The zero-order valence-corrected chi connectivity index (χ0v) is 15.3. The van der Waals surface area contributed by atoms with Gasteiger partial charge in [-0.05, 0) is 50.0 Å². The van der Waals surface area contributed by atoms with E-state index in [9.17, 15) is 0 Å². The molecule has 24 heavy (non-hydrogen) atoms. The normalized spacial score (nSPS) is 23.6. The molecule has 3 rings (SSSR count). The summed E-state index contributed by atoms with van der Waals surface area (Å²) in [6, 6.07) is 5.04. The molecule has 0 bridgehead atoms. The first-order valence-corrected chi connectivity index (χ1v) is 9.66. The number of rotatable bonds is 7. The van der Waals surface area contributed by atoms with E-state index >= 15 is 0 Å². The van der Waals surface area contributed by atoms with Gasteiger partial charge in [0.05, 0.1) is 0 Å². The van der Waals surface area contributed by atoms with E-state index in [2.05, 4.69) is 46.4 Å². The molecule has 0 radical (unpaired) electrons. The number of nitrogens with zero attached hydrogens (tertiary/aromatic N) is 3. The maximum atomic E-state index is 4.71. The summed E-state index contributed by atoms with van der Waals surface area (Å²) >= 11 is 0. The van der Waals surface area contributed by atoms with Crippen LogP contribution in [-0.4, -0.2) is 61.7 Å². The highest BCUT2D eigenvalue weighted by Gasteiger charge is 2.23. The summed E-state index contributed by atoms with van der Waals surface area (Å²) in [7, 11) is 0. The van der Waals surface area contributed by atoms with Crippen LogP contribution in [0.4, 0.5) is 5.82 Å². The van der Waals surface area contributed by atoms with Crippen LogP contribution in [-0.2, 0) is 6.54 Å². The molecule has 2 atom stereocenters. The third-order valence-corrected chi connectivity index (χ3v) is 5.63. The van der Waals surface area contributed by atoms with Crippen LogP contribution in [0.5, 0.6) is 0 Å². The molecule has 5 heteroatoms. The van der Waals surface area contributed by atoms with Crippen molar-refractivity contribution in [2.24, 2.45) is 5.92 Å². The molecule has 2 saturated heterocycles. The molecule has 2 unspecified atom stereocenters. The average Bonchev–Trinajstić information content (AvgIpc) is 3.17. The summed E-state index contributed by atoms with van der Waals surface area (Å²) in [5, 5.41) is 7.21. The molecule has 3 heterocycles. The zero-order valence-electron chi connectivity index (χ0n) is 15.3. The van der Waals surface area contributed by atoms with E-state index in [4.69, 9.17) is 4.98 Å². The fourth-order valence-corrected chi connectivity index (χ4v) is 3.92. The quantitative estimate of drug-likeness (QED) is 0.796. The highest BCUT2D eigenvalue weighted by molar-refractivity contribution is 5.39. The minimum Gasteiger partial charge on any atom is -0.354 e. The molecular formula is C19H33N5. The summed E-state index contributed by atoms with van der Waals surface area (Å²) < 4.78 is 0. The SMILES string of the molecule is CCC(NCc1ccc(N2CCN(CC)CC2)nc1)C1CCNC1. The van der Waals surface area contributed by atoms with Gasteiger partial charge in [-0.3, -0.25) is 0 Å². The lowest BCUT2D eigenvalue weighted by Crippen LogP contribution is -2.46. The van der Waals surface area contributed by atoms with Crippen molar-refractivity contribution >= 4 is 5.82 Å². The molecule has 0 spiro atoms. The maximum absolute atomic E-state index is 4.71. The summed E-state index contributed by atoms with van der Waals surface area (Å²) in [5.74, 6) is 1.90. The molecule has 0 aliphatic carbocycles. The highest BCUT2D eigenvalue weighted by atomic mass is 15.3. The Hall–Kier alpha value is -1.17. The van der Waals surface area contributed by atoms with Crippen LogP contribution in [0.25, 0.3) is 0 Å². The zero-order chi connectivity index (χ0) is 16.8. The second-order valence-electron chi connectivity index (χ2n) is 7.09. The Balaban J connectivity index is 1.49. The minimum absolute atomic E-state index is 0.613. The molecule has 0 amide bonds. The largest absolute Gasteiger partial charge is 0.354 e. The van der Waals surface area contributed by atoms with E-state index in [1.165, 1.54) is 24.9 Å². The van der Waals surface area contributed by atoms with Gasteiger partial charge in [0.25, 0.3) is 0 Å². The van der Waals surface area contributed by atoms with Crippen molar-refractivity contribution in [3.05, 3.63) is 23.9 Å². The lowest BCUT2D eigenvalue weighted by Gasteiger charge is -2.34. The van der Waals surface area contributed by atoms with E-state index in [0.29, 0.717) is 6.04 Å². The highest BCUT2D eigenvalue weighted by Crippen LogP contribution is 2.17. The van der Waals surface area contributed by atoms with Crippen molar-refractivity contribution in [2.75, 3.05) is 50.7 Å². The Bertz CT molecular complexity index is 475. The van der Waals surface area contributed by atoms with Crippen molar-refractivity contribution in [2.45, 2.75) is 39.3 Å². The van der Waals surface area contributed by atoms with Crippen molar-refractivity contribution in [3.63, 3.8) is 0 Å². The number of anilines is 1. The van der Waals surface area contributed by atoms with E-state index in [1.54, 1.807) is 0 Å². The molecule has 2 aliphatic heterocycles. The number of hydrogen-bond donors (Lipinski definition) is 2. The minimum atomic E-state index is 0.613. The number of nitrogens with one attached hydrogen (secondary N) is 2. The van der Waals surface area contributed by atoms with Crippen molar-refractivity contribution in [1.29, 1.82) is 0 Å². The van der Waals surface area contributed by atoms with Crippen LogP contribution >= 0.6 is 0 Å². The van der Waals surface area contributed by atoms with Gasteiger partial charge in [-0.25, -0.2) is 4.98 Å². The summed E-state index contributed by atoms with van der Waals surface area (Å²) in [6.07, 6.45) is 4.54. The molecular weight excluding hydrogens is 298 g/mol. The van der Waals surface area contributed by atoms with Gasteiger partial charge in [0.1, 0.15) is 5.82 Å². The second-order valence-corrected chi connectivity index (χ2v) is 7.09. The van der Waals surface area contributed by atoms with Crippen LogP contribution in [0.2, 0.25) is 0 Å². The molecule has 2 N–H and O–H groups in total. The molecule has 134 valence electrons. The van der Waals surface area contributed by atoms with Gasteiger partial charge in [-0.2, -0.15) is 0 Å². The molecule has 2 aliphatic rings. The van der Waals surface area contributed by atoms with E-state index in [1.807, 2.05) is 6.20 Å². The van der Waals surface area contributed by atoms with E-state index in [0.717, 1.165) is 57.5 Å². The number of aromatic nitrogens is 1. The van der Waals surface area contributed by atoms with Gasteiger partial charge in [0.2, 0.25) is 0 Å². The van der Waals surface area contributed by atoms with Crippen LogP contribution < -0.4 is 15.5 Å². The van der Waals surface area contributed by atoms with Gasteiger partial charge in [-0.15, -0.1) is 0 Å². The Morgan fingerprint density at radius 2 is 2.08 bits per heavy atom. The third kappa shape index (κ3) is 4.47. The smallest absolute Gasteiger partial charge is 0.128 e.